The van der Waals surface area contributed by atoms with Gasteiger partial charge in [0.2, 0.25) is 5.95 Å². The molecule has 0 bridgehead atoms. The van der Waals surface area contributed by atoms with Gasteiger partial charge in [0.25, 0.3) is 0 Å². The highest BCUT2D eigenvalue weighted by Crippen LogP contribution is 2.23. The number of hydrogen-bond acceptors (Lipinski definition) is 6. The topological polar surface area (TPSA) is 66.0 Å². The number of aromatic nitrogens is 3. The van der Waals surface area contributed by atoms with E-state index in [2.05, 4.69) is 68.8 Å². The predicted molar refractivity (Wildman–Crippen MR) is 98.9 cm³/mol. The monoisotopic (exact) mass is 326 g/mol. The second-order valence-corrected chi connectivity index (χ2v) is 6.64. The van der Waals surface area contributed by atoms with Crippen LogP contribution < -0.4 is 15.5 Å². The lowest BCUT2D eigenvalue weighted by Crippen LogP contribution is -2.17. The van der Waals surface area contributed by atoms with Crippen LogP contribution in [0, 0.1) is 5.92 Å². The largest absolute Gasteiger partial charge is 0.372 e. The lowest BCUT2D eigenvalue weighted by Gasteiger charge is -2.17. The number of nitrogens with zero attached hydrogens (tertiary/aromatic N) is 4. The molecule has 1 aromatic carbocycles. The molecule has 6 heteroatoms. The van der Waals surface area contributed by atoms with Crippen molar-refractivity contribution in [1.82, 2.24) is 15.2 Å². The summed E-state index contributed by atoms with van der Waals surface area (Å²) in [6.45, 7) is 7.62. The molecule has 0 spiro atoms. The molecule has 0 saturated carbocycles. The lowest BCUT2D eigenvalue weighted by molar-refractivity contribution is 0.606. The Morgan fingerprint density at radius 2 is 1.88 bits per heavy atom. The summed E-state index contributed by atoms with van der Waals surface area (Å²) >= 11 is 0. The SMILES string of the molecule is CC(C)CCNc1cnnc(Nc2ccc(N3CCCC3)cc2)n1. The summed E-state index contributed by atoms with van der Waals surface area (Å²) in [6.07, 6.45) is 5.33. The summed E-state index contributed by atoms with van der Waals surface area (Å²) < 4.78 is 0. The van der Waals surface area contributed by atoms with E-state index in [1.165, 1.54) is 18.5 Å². The first-order chi connectivity index (χ1) is 11.7. The van der Waals surface area contributed by atoms with Crippen molar-refractivity contribution in [3.8, 4) is 0 Å². The summed E-state index contributed by atoms with van der Waals surface area (Å²) in [7, 11) is 0. The normalized spacial score (nSPS) is 14.2. The zero-order chi connectivity index (χ0) is 16.8. The molecule has 6 nitrogen and oxygen atoms in total. The zero-order valence-electron chi connectivity index (χ0n) is 14.5. The van der Waals surface area contributed by atoms with Crippen LogP contribution in [0.15, 0.2) is 30.5 Å². The molecule has 1 aliphatic heterocycles. The van der Waals surface area contributed by atoms with Crippen molar-refractivity contribution in [2.24, 2.45) is 5.92 Å². The van der Waals surface area contributed by atoms with Gasteiger partial charge < -0.3 is 15.5 Å². The maximum Gasteiger partial charge on any atom is 0.249 e. The van der Waals surface area contributed by atoms with Gasteiger partial charge in [0, 0.05) is 31.0 Å². The van der Waals surface area contributed by atoms with E-state index >= 15 is 0 Å². The molecule has 128 valence electrons. The fraction of sp³-hybridized carbons (Fsp3) is 0.500. The Labute approximate surface area is 143 Å². The molecule has 1 saturated heterocycles. The van der Waals surface area contributed by atoms with Crippen LogP contribution in [0.4, 0.5) is 23.1 Å². The molecule has 2 N–H and O–H groups in total. The molecule has 0 aliphatic carbocycles. The number of anilines is 4. The molecule has 0 atom stereocenters. The summed E-state index contributed by atoms with van der Waals surface area (Å²) in [4.78, 5) is 6.88. The standard InChI is InChI=1S/C18H26N6/c1-14(2)9-10-19-17-13-20-23-18(22-17)21-15-5-7-16(8-6-15)24-11-3-4-12-24/h5-8,13-14H,3-4,9-12H2,1-2H3,(H2,19,21,22,23). The first kappa shape index (κ1) is 16.5. The van der Waals surface area contributed by atoms with Crippen molar-refractivity contribution in [3.05, 3.63) is 30.5 Å². The van der Waals surface area contributed by atoms with Crippen molar-refractivity contribution in [1.29, 1.82) is 0 Å². The van der Waals surface area contributed by atoms with Crippen molar-refractivity contribution in [2.45, 2.75) is 33.1 Å². The Kier molecular flexibility index (Phi) is 5.46. The van der Waals surface area contributed by atoms with Gasteiger partial charge in [0.05, 0.1) is 6.20 Å². The lowest BCUT2D eigenvalue weighted by atomic mass is 10.1. The summed E-state index contributed by atoms with van der Waals surface area (Å²) in [5.74, 6) is 1.93. The van der Waals surface area contributed by atoms with E-state index in [0.717, 1.165) is 37.6 Å². The van der Waals surface area contributed by atoms with Crippen LogP contribution >= 0.6 is 0 Å². The quantitative estimate of drug-likeness (QED) is 0.809. The number of rotatable bonds is 7. The molecule has 2 heterocycles. The summed E-state index contributed by atoms with van der Waals surface area (Å²) in [5.41, 5.74) is 2.25. The molecule has 0 amide bonds. The van der Waals surface area contributed by atoms with E-state index in [-0.39, 0.29) is 0 Å². The minimum atomic E-state index is 0.512. The molecule has 1 aromatic heterocycles. The van der Waals surface area contributed by atoms with Gasteiger partial charge in [-0.15, -0.1) is 5.10 Å². The van der Waals surface area contributed by atoms with Crippen LogP contribution in [0.2, 0.25) is 0 Å². The third-order valence-electron chi connectivity index (χ3n) is 4.18. The van der Waals surface area contributed by atoms with Crippen molar-refractivity contribution in [2.75, 3.05) is 35.2 Å². The van der Waals surface area contributed by atoms with Gasteiger partial charge in [0.1, 0.15) is 0 Å². The molecule has 24 heavy (non-hydrogen) atoms. The Hall–Kier alpha value is -2.37. The zero-order valence-corrected chi connectivity index (χ0v) is 14.5. The molecular formula is C18H26N6. The first-order valence-corrected chi connectivity index (χ1v) is 8.76. The average molecular weight is 326 g/mol. The van der Waals surface area contributed by atoms with Crippen molar-refractivity contribution < 1.29 is 0 Å². The molecule has 0 radical (unpaired) electrons. The van der Waals surface area contributed by atoms with Crippen LogP contribution in [-0.4, -0.2) is 34.8 Å². The van der Waals surface area contributed by atoms with Crippen LogP contribution in [0.25, 0.3) is 0 Å². The summed E-state index contributed by atoms with van der Waals surface area (Å²) in [6, 6.07) is 8.42. The maximum absolute atomic E-state index is 4.46. The van der Waals surface area contributed by atoms with E-state index < -0.39 is 0 Å². The highest BCUT2D eigenvalue weighted by molar-refractivity contribution is 5.59. The molecule has 0 unspecified atom stereocenters. The minimum Gasteiger partial charge on any atom is -0.372 e. The first-order valence-electron chi connectivity index (χ1n) is 8.76. The summed E-state index contributed by atoms with van der Waals surface area (Å²) in [5, 5.41) is 14.6. The molecule has 1 fully saturated rings. The van der Waals surface area contributed by atoms with Gasteiger partial charge in [0.15, 0.2) is 5.82 Å². The highest BCUT2D eigenvalue weighted by Gasteiger charge is 2.11. The third-order valence-corrected chi connectivity index (χ3v) is 4.18. The van der Waals surface area contributed by atoms with Crippen LogP contribution in [0.1, 0.15) is 33.1 Å². The molecule has 1 aliphatic rings. The number of hydrogen-bond donors (Lipinski definition) is 2. The van der Waals surface area contributed by atoms with Crippen LogP contribution in [0.3, 0.4) is 0 Å². The van der Waals surface area contributed by atoms with Gasteiger partial charge in [-0.2, -0.15) is 10.1 Å². The third kappa shape index (κ3) is 4.57. The highest BCUT2D eigenvalue weighted by atomic mass is 15.3. The van der Waals surface area contributed by atoms with Gasteiger partial charge in [-0.3, -0.25) is 0 Å². The second-order valence-electron chi connectivity index (χ2n) is 6.64. The number of nitrogens with one attached hydrogen (secondary N) is 2. The van der Waals surface area contributed by atoms with E-state index in [0.29, 0.717) is 11.9 Å². The van der Waals surface area contributed by atoms with Crippen LogP contribution in [-0.2, 0) is 0 Å². The van der Waals surface area contributed by atoms with E-state index in [1.54, 1.807) is 6.20 Å². The molecule has 2 aromatic rings. The van der Waals surface area contributed by atoms with Gasteiger partial charge in [-0.1, -0.05) is 13.8 Å². The van der Waals surface area contributed by atoms with E-state index in [4.69, 9.17) is 0 Å². The van der Waals surface area contributed by atoms with Crippen molar-refractivity contribution in [3.63, 3.8) is 0 Å². The van der Waals surface area contributed by atoms with E-state index in [9.17, 15) is 0 Å². The van der Waals surface area contributed by atoms with Gasteiger partial charge in [-0.05, 0) is 49.4 Å². The predicted octanol–water partition coefficient (Wildman–Crippen LogP) is 3.67. The smallest absolute Gasteiger partial charge is 0.249 e. The molecular weight excluding hydrogens is 300 g/mol. The fourth-order valence-electron chi connectivity index (χ4n) is 2.79. The maximum atomic E-state index is 4.46. The Morgan fingerprint density at radius 1 is 1.12 bits per heavy atom. The average Bonchev–Trinajstić information content (AvgIpc) is 3.10. The van der Waals surface area contributed by atoms with Gasteiger partial charge in [-0.25, -0.2) is 0 Å². The van der Waals surface area contributed by atoms with Crippen LogP contribution in [0.5, 0.6) is 0 Å². The van der Waals surface area contributed by atoms with Crippen molar-refractivity contribution >= 4 is 23.1 Å². The second kappa shape index (κ2) is 7.95. The Bertz CT molecular complexity index is 634. The van der Waals surface area contributed by atoms with E-state index in [1.807, 2.05) is 0 Å². The minimum absolute atomic E-state index is 0.512. The Morgan fingerprint density at radius 3 is 2.58 bits per heavy atom. The van der Waals surface area contributed by atoms with Gasteiger partial charge >= 0.3 is 0 Å². The Balaban J connectivity index is 1.58. The number of benzene rings is 1. The fourth-order valence-corrected chi connectivity index (χ4v) is 2.79. The molecule has 3 rings (SSSR count).